The van der Waals surface area contributed by atoms with Crippen molar-refractivity contribution in [1.29, 1.82) is 0 Å². The molecule has 0 saturated carbocycles. The Hall–Kier alpha value is -3.67. The van der Waals surface area contributed by atoms with E-state index in [-0.39, 0.29) is 16.9 Å². The summed E-state index contributed by atoms with van der Waals surface area (Å²) in [6.45, 7) is 5.23. The molecule has 2 rings (SSSR count). The van der Waals surface area contributed by atoms with Crippen LogP contribution in [0.5, 0.6) is 11.5 Å². The number of hydrogen-bond acceptors (Lipinski definition) is 12. The van der Waals surface area contributed by atoms with Gasteiger partial charge in [-0.15, -0.1) is 0 Å². The molecule has 1 fully saturated rings. The second-order valence-corrected chi connectivity index (χ2v) is 7.75. The molecule has 0 radical (unpaired) electrons. The second-order valence-electron chi connectivity index (χ2n) is 7.75. The molecule has 1 aliphatic heterocycles. The highest BCUT2D eigenvalue weighted by Gasteiger charge is 2.54. The van der Waals surface area contributed by atoms with Crippen molar-refractivity contribution in [3.05, 3.63) is 23.3 Å². The average molecular weight is 496 g/mol. The maximum absolute atomic E-state index is 12.1. The lowest BCUT2D eigenvalue weighted by molar-refractivity contribution is -0.254. The van der Waals surface area contributed by atoms with Crippen molar-refractivity contribution in [3.8, 4) is 11.5 Å². The van der Waals surface area contributed by atoms with Crippen LogP contribution in [0.4, 0.5) is 0 Å². The molecule has 0 unspecified atom stereocenters. The van der Waals surface area contributed by atoms with E-state index in [4.69, 9.17) is 28.4 Å². The largest absolute Gasteiger partial charge is 0.507 e. The minimum atomic E-state index is -1.46. The third-order valence-corrected chi connectivity index (χ3v) is 5.05. The van der Waals surface area contributed by atoms with Crippen molar-refractivity contribution in [2.45, 2.75) is 65.1 Å². The van der Waals surface area contributed by atoms with Gasteiger partial charge in [0.2, 0.25) is 0 Å². The Morgan fingerprint density at radius 2 is 1.37 bits per heavy atom. The number of aromatic hydroxyl groups is 1. The molecule has 12 nitrogen and oxygen atoms in total. The predicted octanol–water partition coefficient (Wildman–Crippen LogP) is 1.40. The fourth-order valence-corrected chi connectivity index (χ4v) is 3.79. The van der Waals surface area contributed by atoms with Gasteiger partial charge in [-0.25, -0.2) is 0 Å². The molecule has 0 amide bonds. The van der Waals surface area contributed by atoms with Crippen molar-refractivity contribution in [2.24, 2.45) is 0 Å². The van der Waals surface area contributed by atoms with Crippen LogP contribution in [0.25, 0.3) is 0 Å². The second kappa shape index (κ2) is 11.6. The number of carbonyl (C=O) groups is 5. The van der Waals surface area contributed by atoms with Gasteiger partial charge in [0, 0.05) is 27.7 Å². The lowest BCUT2D eigenvalue weighted by Crippen LogP contribution is -2.59. The molecule has 0 spiro atoms. The number of Topliss-reactive ketones (excluding diaryl/α,β-unsaturated/α-hetero) is 1. The molecule has 0 aliphatic carbocycles. The molecule has 0 aromatic heterocycles. The topological polar surface area (TPSA) is 161 Å². The van der Waals surface area contributed by atoms with E-state index in [1.54, 1.807) is 0 Å². The van der Waals surface area contributed by atoms with E-state index < -0.39 is 72.5 Å². The Labute approximate surface area is 201 Å². The van der Waals surface area contributed by atoms with Crippen molar-refractivity contribution < 1.29 is 57.5 Å². The predicted molar refractivity (Wildman–Crippen MR) is 116 cm³/mol. The zero-order chi connectivity index (χ0) is 26.4. The molecule has 192 valence electrons. The van der Waals surface area contributed by atoms with Crippen LogP contribution in [-0.2, 0) is 42.9 Å². The minimum absolute atomic E-state index is 0.0633. The van der Waals surface area contributed by atoms with Gasteiger partial charge in [-0.1, -0.05) is 0 Å². The molecule has 5 atom stereocenters. The zero-order valence-electron chi connectivity index (χ0n) is 20.2. The molecule has 1 aromatic rings. The van der Waals surface area contributed by atoms with Crippen LogP contribution in [0.1, 0.15) is 56.6 Å². The first kappa shape index (κ1) is 27.6. The number of methoxy groups -OCH3 is 1. The first-order chi connectivity index (χ1) is 16.4. The summed E-state index contributed by atoms with van der Waals surface area (Å²) in [5, 5.41) is 11.0. The first-order valence-corrected chi connectivity index (χ1v) is 10.6. The van der Waals surface area contributed by atoms with Crippen LogP contribution in [0, 0.1) is 0 Å². The molecule has 12 heteroatoms. The fourth-order valence-electron chi connectivity index (χ4n) is 3.79. The summed E-state index contributed by atoms with van der Waals surface area (Å²) < 4.78 is 32.6. The normalized spacial score (nSPS) is 23.5. The molecular formula is C23H28O12. The van der Waals surface area contributed by atoms with Crippen LogP contribution < -0.4 is 4.74 Å². The third kappa shape index (κ3) is 6.69. The molecule has 1 aromatic carbocycles. The first-order valence-electron chi connectivity index (χ1n) is 10.6. The van der Waals surface area contributed by atoms with E-state index in [0.717, 1.165) is 27.7 Å². The number of benzene rings is 1. The maximum atomic E-state index is 12.1. The van der Waals surface area contributed by atoms with Crippen LogP contribution in [0.15, 0.2) is 12.1 Å². The highest BCUT2D eigenvalue weighted by molar-refractivity contribution is 5.97. The van der Waals surface area contributed by atoms with Gasteiger partial charge in [0.15, 0.2) is 24.1 Å². The lowest BCUT2D eigenvalue weighted by Gasteiger charge is -2.44. The monoisotopic (exact) mass is 496 g/mol. The Morgan fingerprint density at radius 1 is 0.829 bits per heavy atom. The Balaban J connectivity index is 2.76. The van der Waals surface area contributed by atoms with E-state index >= 15 is 0 Å². The van der Waals surface area contributed by atoms with Gasteiger partial charge in [0.25, 0.3) is 0 Å². The van der Waals surface area contributed by atoms with Crippen molar-refractivity contribution >= 4 is 29.7 Å². The summed E-state index contributed by atoms with van der Waals surface area (Å²) in [7, 11) is 1.30. The van der Waals surface area contributed by atoms with Crippen LogP contribution in [-0.4, -0.2) is 72.9 Å². The van der Waals surface area contributed by atoms with E-state index in [2.05, 4.69) is 0 Å². The summed E-state index contributed by atoms with van der Waals surface area (Å²) in [6.07, 6.45) is -6.89. The number of rotatable bonds is 8. The number of phenols is 1. The number of ether oxygens (including phenoxy) is 6. The smallest absolute Gasteiger partial charge is 0.303 e. The SMILES string of the molecule is COc1ccc(C(C)=O)c(O)c1[C@@H]1O[C@H](COC(C)=O)[C@@H](OC(C)=O)[C@H](OC(C)=O)[C@H]1OC(C)=O. The molecule has 0 bridgehead atoms. The molecule has 1 N–H and O–H groups in total. The third-order valence-electron chi connectivity index (χ3n) is 5.05. The molecule has 1 aliphatic rings. The quantitative estimate of drug-likeness (QED) is 0.313. The highest BCUT2D eigenvalue weighted by Crippen LogP contribution is 2.45. The Morgan fingerprint density at radius 3 is 1.86 bits per heavy atom. The number of phenolic OH excluding ortho intramolecular Hbond substituents is 1. The highest BCUT2D eigenvalue weighted by atomic mass is 16.7. The fraction of sp³-hybridized carbons (Fsp3) is 0.522. The summed E-state index contributed by atoms with van der Waals surface area (Å²) >= 11 is 0. The van der Waals surface area contributed by atoms with Crippen molar-refractivity contribution in [2.75, 3.05) is 13.7 Å². The summed E-state index contributed by atoms with van der Waals surface area (Å²) in [5.41, 5.74) is -0.161. The van der Waals surface area contributed by atoms with E-state index in [0.29, 0.717) is 0 Å². The van der Waals surface area contributed by atoms with E-state index in [9.17, 15) is 29.1 Å². The van der Waals surface area contributed by atoms with Crippen molar-refractivity contribution in [3.63, 3.8) is 0 Å². The number of esters is 4. The van der Waals surface area contributed by atoms with Gasteiger partial charge in [0.05, 0.1) is 18.2 Å². The van der Waals surface area contributed by atoms with Crippen LogP contribution in [0.3, 0.4) is 0 Å². The lowest BCUT2D eigenvalue weighted by atomic mass is 9.88. The average Bonchev–Trinajstić information content (AvgIpc) is 2.74. The van der Waals surface area contributed by atoms with Gasteiger partial charge < -0.3 is 33.5 Å². The van der Waals surface area contributed by atoms with Gasteiger partial charge in [-0.05, 0) is 19.1 Å². The molecule has 35 heavy (non-hydrogen) atoms. The van der Waals surface area contributed by atoms with Crippen LogP contribution >= 0.6 is 0 Å². The van der Waals surface area contributed by atoms with Gasteiger partial charge in [-0.2, -0.15) is 0 Å². The zero-order valence-corrected chi connectivity index (χ0v) is 20.2. The van der Waals surface area contributed by atoms with E-state index in [1.807, 2.05) is 0 Å². The molecule has 1 saturated heterocycles. The standard InChI is InChI=1S/C23H28O12/c1-10(24)15-7-8-16(30-6)18(19(15)29)21-23(34-14(5)28)22(33-13(4)27)20(32-12(3)26)17(35-21)9-31-11(2)25/h7-8,17,20-23,29H,9H2,1-6H3/t17-,20-,21+,22+,23+/m1/s1. The number of hydrogen-bond donors (Lipinski definition) is 1. The van der Waals surface area contributed by atoms with Gasteiger partial charge >= 0.3 is 23.9 Å². The maximum Gasteiger partial charge on any atom is 0.303 e. The summed E-state index contributed by atoms with van der Waals surface area (Å²) in [5.74, 6) is -3.98. The van der Waals surface area contributed by atoms with Gasteiger partial charge in [0.1, 0.15) is 30.3 Å². The summed E-state index contributed by atoms with van der Waals surface area (Å²) in [4.78, 5) is 59.4. The van der Waals surface area contributed by atoms with E-state index in [1.165, 1.54) is 26.2 Å². The summed E-state index contributed by atoms with van der Waals surface area (Å²) in [6, 6.07) is 2.74. The number of ketones is 1. The number of carbonyl (C=O) groups excluding carboxylic acids is 5. The Bertz CT molecular complexity index is 1000. The minimum Gasteiger partial charge on any atom is -0.507 e. The van der Waals surface area contributed by atoms with Gasteiger partial charge in [-0.3, -0.25) is 24.0 Å². The Kier molecular flexibility index (Phi) is 9.18. The van der Waals surface area contributed by atoms with Crippen LogP contribution in [0.2, 0.25) is 0 Å². The van der Waals surface area contributed by atoms with Crippen molar-refractivity contribution in [1.82, 2.24) is 0 Å². The molecular weight excluding hydrogens is 468 g/mol. The molecule has 1 heterocycles.